The van der Waals surface area contributed by atoms with E-state index in [-0.39, 0.29) is 24.3 Å². The van der Waals surface area contributed by atoms with Crippen molar-refractivity contribution in [1.82, 2.24) is 0 Å². The molecule has 10 atom stereocenters. The van der Waals surface area contributed by atoms with Crippen LogP contribution in [0.3, 0.4) is 0 Å². The average Bonchev–Trinajstić information content (AvgIpc) is 1.28. The van der Waals surface area contributed by atoms with Gasteiger partial charge in [0.25, 0.3) is 0 Å². The Bertz CT molecular complexity index is 6660. The molecule has 52 nitrogen and oxygen atoms in total. The summed E-state index contributed by atoms with van der Waals surface area (Å²) in [4.78, 5) is 149. The summed E-state index contributed by atoms with van der Waals surface area (Å²) in [5.74, 6) is -66.9. The van der Waals surface area contributed by atoms with Gasteiger partial charge in [0.05, 0.1) is 44.5 Å². The van der Waals surface area contributed by atoms with Crippen LogP contribution in [0.2, 0.25) is 0 Å². The molecular formula is C82H58O52. The largest absolute Gasteiger partial charge is 0.504 e. The summed E-state index contributed by atoms with van der Waals surface area (Å²) in [5.41, 5.74) is -17.8. The summed E-state index contributed by atoms with van der Waals surface area (Å²) in [6.07, 6.45) is -29.0. The van der Waals surface area contributed by atoms with Crippen molar-refractivity contribution in [3.63, 3.8) is 0 Å². The van der Waals surface area contributed by atoms with Crippen LogP contribution in [-0.4, -0.2) is 282 Å². The van der Waals surface area contributed by atoms with E-state index in [0.717, 1.165) is 0 Å². The number of carbonyl (C=O) groups is 10. The first kappa shape index (κ1) is 91.0. The second-order valence-electron chi connectivity index (χ2n) is 28.7. The Morgan fingerprint density at radius 3 is 0.940 bits per heavy atom. The fourth-order valence-corrected chi connectivity index (χ4v) is 13.9. The third kappa shape index (κ3) is 16.1. The Morgan fingerprint density at radius 2 is 0.552 bits per heavy atom. The van der Waals surface area contributed by atoms with Gasteiger partial charge in [0.2, 0.25) is 65.0 Å². The van der Waals surface area contributed by atoms with Crippen LogP contribution < -0.4 is 4.74 Å². The van der Waals surface area contributed by atoms with Crippen molar-refractivity contribution < 1.29 is 258 Å². The number of esters is 10. The molecule has 698 valence electrons. The summed E-state index contributed by atoms with van der Waals surface area (Å²) in [5, 5.41) is 316. The average molecular weight is 1880 g/mol. The zero-order valence-electron chi connectivity index (χ0n) is 65.7. The summed E-state index contributed by atoms with van der Waals surface area (Å²) in [6.45, 7) is -3.17. The maximum atomic E-state index is 15.9. The zero-order chi connectivity index (χ0) is 97.7. The van der Waals surface area contributed by atoms with Crippen LogP contribution >= 0.6 is 0 Å². The Balaban J connectivity index is 0.929. The van der Waals surface area contributed by atoms with Crippen LogP contribution in [0.1, 0.15) is 104 Å². The molecular weight excluding hydrogens is 1820 g/mol. The molecule has 29 N–H and O–H groups in total. The first-order chi connectivity index (χ1) is 63.1. The topological polar surface area (TPSA) is 877 Å². The number of cyclic esters (lactones) is 2. The SMILES string of the molecule is O=C(OC1C(OC(=O)c2cc(O)c(O)c(O)c2Oc2cc3c(c(O)c2O)-c2c(cc(O)c(O)c2O)C(=O)OCC2OC(OC(=O)c4cc(O)c(O)c(O)c4O)C(OC(=O)c4cc(O)c(O)c(O)c4)C(OC(=O)c4cc(O)c(O)c(O)c4)C2OC3=O)OC2COC(=O)c3ccc(O)c(O)c3-c3c(cc(O)c(O)c3O)C(=O)OC2C1OC(=O)c1cc(O)c(O)c(O)c1)c1cc(O)c(O)c(O)c1. The molecule has 0 saturated carbocycles. The van der Waals surface area contributed by atoms with E-state index in [2.05, 4.69) is 0 Å². The van der Waals surface area contributed by atoms with Gasteiger partial charge in [-0.05, 0) is 72.8 Å². The maximum absolute atomic E-state index is 15.9. The van der Waals surface area contributed by atoms with Gasteiger partial charge in [0, 0.05) is 40.5 Å². The summed E-state index contributed by atoms with van der Waals surface area (Å²) < 4.78 is 74.4. The monoisotopic (exact) mass is 1870 g/mol. The molecule has 0 radical (unpaired) electrons. The third-order valence-corrected chi connectivity index (χ3v) is 20.4. The van der Waals surface area contributed by atoms with Gasteiger partial charge < -0.3 is 210 Å². The highest BCUT2D eigenvalue weighted by atomic mass is 16.8. The minimum absolute atomic E-state index is 0.0581. The van der Waals surface area contributed by atoms with Crippen molar-refractivity contribution in [1.29, 1.82) is 0 Å². The standard InChI is InChI=1S/C82H58O52/c83-28-2-1-22-44(53(28)101)46-24(12-38(93)55(103)60(46)108)77(118)127-65-42(16-122-75(22)116)126-82(70(132-74(115)21-9-35(90)52(100)36(91)10-21)67(65)129-71(112)18-3-29(84)49(97)30(85)4-18)134-80(121)27-14-40(95)57(105)63(111)64(27)124-41-15-25-47(61(109)58(41)106)45-23(11-37(92)54(102)59(45)107)76(117)123-17-43-66(128-78(25)119)68(130-72(113)19-5-31(86)50(98)32(87)6-19)69(131-73(114)20-7-33(88)51(99)34(89)8-20)81(125-43)133-79(120)26-13-39(94)56(104)62(110)48(26)96/h1-15,42-43,65-70,81-111H,16-17H2. The predicted molar refractivity (Wildman–Crippen MR) is 415 cm³/mol. The second-order valence-corrected chi connectivity index (χ2v) is 28.7. The van der Waals surface area contributed by atoms with Gasteiger partial charge in [-0.25, -0.2) is 47.9 Å². The van der Waals surface area contributed by atoms with Crippen molar-refractivity contribution in [2.45, 2.75) is 61.4 Å². The number of ether oxygens (including phenoxy) is 13. The molecule has 4 aliphatic rings. The molecule has 4 aliphatic heterocycles. The highest BCUT2D eigenvalue weighted by Crippen LogP contribution is 2.58. The van der Waals surface area contributed by atoms with E-state index in [1.807, 2.05) is 0 Å². The van der Waals surface area contributed by atoms with Gasteiger partial charge in [-0.1, -0.05) is 0 Å². The summed E-state index contributed by atoms with van der Waals surface area (Å²) in [6, 6.07) is 5.12. The molecule has 0 amide bonds. The van der Waals surface area contributed by atoms with Crippen molar-refractivity contribution in [3.05, 3.63) is 147 Å². The number of rotatable bonds is 14. The number of fused-ring (bicyclic) bond motifs is 8. The number of hydrogen-bond acceptors (Lipinski definition) is 52. The molecule has 0 aliphatic carbocycles. The van der Waals surface area contributed by atoms with Crippen LogP contribution in [0.25, 0.3) is 22.3 Å². The van der Waals surface area contributed by atoms with Gasteiger partial charge in [0.15, 0.2) is 162 Å². The lowest BCUT2D eigenvalue weighted by atomic mass is 9.91. The molecule has 0 spiro atoms. The second kappa shape index (κ2) is 34.2. The highest BCUT2D eigenvalue weighted by molar-refractivity contribution is 6.10. The van der Waals surface area contributed by atoms with Gasteiger partial charge in [-0.2, -0.15) is 0 Å². The van der Waals surface area contributed by atoms with E-state index in [4.69, 9.17) is 61.6 Å². The van der Waals surface area contributed by atoms with Crippen LogP contribution in [0.5, 0.6) is 178 Å². The minimum Gasteiger partial charge on any atom is -0.504 e. The molecule has 0 aromatic heterocycles. The van der Waals surface area contributed by atoms with Crippen molar-refractivity contribution in [2.24, 2.45) is 0 Å². The normalized spacial score (nSPS) is 19.1. The van der Waals surface area contributed by atoms with E-state index < -0.39 is 390 Å². The lowest BCUT2D eigenvalue weighted by Gasteiger charge is -2.43. The molecule has 0 bridgehead atoms. The number of phenols is 29. The maximum Gasteiger partial charge on any atom is 0.344 e. The fourth-order valence-electron chi connectivity index (χ4n) is 13.9. The number of phenolic OH excluding ortho intramolecular Hbond substituents is 29. The van der Waals surface area contributed by atoms with Crippen molar-refractivity contribution >= 4 is 59.7 Å². The van der Waals surface area contributed by atoms with Crippen LogP contribution in [0.4, 0.5) is 0 Å². The molecule has 10 aromatic rings. The predicted octanol–water partition coefficient (Wildman–Crippen LogP) is 3.73. The van der Waals surface area contributed by atoms with E-state index >= 15 is 14.4 Å². The van der Waals surface area contributed by atoms with Crippen LogP contribution in [0.15, 0.2) is 91.0 Å². The minimum atomic E-state index is -3.13. The van der Waals surface area contributed by atoms with Crippen LogP contribution in [0, 0.1) is 0 Å². The van der Waals surface area contributed by atoms with Gasteiger partial charge in [-0.3, -0.25) is 0 Å². The molecule has 2 fully saturated rings. The number of hydrogen-bond donors (Lipinski definition) is 29. The molecule has 134 heavy (non-hydrogen) atoms. The Morgan fingerprint density at radius 1 is 0.254 bits per heavy atom. The van der Waals surface area contributed by atoms with E-state index in [9.17, 15) is 182 Å². The van der Waals surface area contributed by atoms with Crippen LogP contribution in [-0.2, 0) is 56.8 Å². The molecule has 4 heterocycles. The number of benzene rings is 10. The fraction of sp³-hybridized carbons (Fsp3) is 0.146. The smallest absolute Gasteiger partial charge is 0.344 e. The van der Waals surface area contributed by atoms with Crippen molar-refractivity contribution in [3.8, 4) is 200 Å². The third-order valence-electron chi connectivity index (χ3n) is 20.4. The van der Waals surface area contributed by atoms with Gasteiger partial charge in [0.1, 0.15) is 36.5 Å². The number of carbonyl (C=O) groups excluding carboxylic acids is 10. The Kier molecular flexibility index (Phi) is 23.2. The highest BCUT2D eigenvalue weighted by Gasteiger charge is 2.58. The Labute approximate surface area is 736 Å². The summed E-state index contributed by atoms with van der Waals surface area (Å²) >= 11 is 0. The van der Waals surface area contributed by atoms with Crippen molar-refractivity contribution in [2.75, 3.05) is 13.2 Å². The zero-order valence-corrected chi connectivity index (χ0v) is 65.7. The quantitative estimate of drug-likeness (QED) is 0.0319. The first-order valence-electron chi connectivity index (χ1n) is 37.0. The molecule has 2 saturated heterocycles. The number of aromatic hydroxyl groups is 29. The molecule has 14 rings (SSSR count). The first-order valence-corrected chi connectivity index (χ1v) is 37.0. The molecule has 10 unspecified atom stereocenters. The summed E-state index contributed by atoms with van der Waals surface area (Å²) in [7, 11) is 0. The van der Waals surface area contributed by atoms with E-state index in [1.165, 1.54) is 0 Å². The van der Waals surface area contributed by atoms with Gasteiger partial charge in [-0.15, -0.1) is 0 Å². The van der Waals surface area contributed by atoms with E-state index in [1.54, 1.807) is 0 Å². The van der Waals surface area contributed by atoms with E-state index in [0.29, 0.717) is 66.7 Å². The van der Waals surface area contributed by atoms with Gasteiger partial charge >= 0.3 is 59.7 Å². The molecule has 52 heteroatoms. The lowest BCUT2D eigenvalue weighted by Crippen LogP contribution is -2.63. The molecule has 10 aromatic carbocycles. The Hall–Kier alpha value is -19.2. The lowest BCUT2D eigenvalue weighted by molar-refractivity contribution is -0.282.